The summed E-state index contributed by atoms with van der Waals surface area (Å²) < 4.78 is 13.1. The number of carbonyl (C=O) groups excluding carboxylic acids is 2. The van der Waals surface area contributed by atoms with Gasteiger partial charge in [0.15, 0.2) is 0 Å². The molecule has 2 heterocycles. The van der Waals surface area contributed by atoms with Gasteiger partial charge in [-0.05, 0) is 49.6 Å². The first kappa shape index (κ1) is 19.2. The van der Waals surface area contributed by atoms with E-state index in [0.29, 0.717) is 12.1 Å². The lowest BCUT2D eigenvalue weighted by Crippen LogP contribution is -2.43. The van der Waals surface area contributed by atoms with E-state index in [4.69, 9.17) is 0 Å². The molecule has 1 unspecified atom stereocenters. The number of hydrazone groups is 1. The first-order valence-corrected chi connectivity index (χ1v) is 9.89. The van der Waals surface area contributed by atoms with Crippen LogP contribution in [0.3, 0.4) is 0 Å². The second kappa shape index (κ2) is 8.11. The third-order valence-corrected chi connectivity index (χ3v) is 5.31. The molecular weight excluding hydrogens is 371 g/mol. The van der Waals surface area contributed by atoms with Crippen LogP contribution in [0.1, 0.15) is 49.9 Å². The molecule has 2 aromatic rings. The first-order valence-electron chi connectivity index (χ1n) is 9.89. The molecular formula is C22H23FN4O2. The molecule has 2 aliphatic rings. The van der Waals surface area contributed by atoms with E-state index in [0.717, 1.165) is 24.1 Å². The van der Waals surface area contributed by atoms with Gasteiger partial charge in [0, 0.05) is 25.1 Å². The third-order valence-electron chi connectivity index (χ3n) is 5.31. The molecule has 0 radical (unpaired) electrons. The van der Waals surface area contributed by atoms with E-state index in [1.807, 2.05) is 30.0 Å². The van der Waals surface area contributed by atoms with Crippen LogP contribution in [0.2, 0.25) is 0 Å². The Kier molecular flexibility index (Phi) is 5.38. The van der Waals surface area contributed by atoms with E-state index in [2.05, 4.69) is 10.1 Å². The standard InChI is InChI=1S/C22H23FN4O2/c1-15(19-4-2-3-13-24-19)27(18-9-10-18)22(29)20-11-12-21(28)26(25-20)14-16-5-7-17(23)8-6-16/h2-8,13,15,18H,9-12,14H2,1H3. The van der Waals surface area contributed by atoms with Gasteiger partial charge in [0.05, 0.1) is 18.3 Å². The maximum atomic E-state index is 13.3. The van der Waals surface area contributed by atoms with Crippen LogP contribution in [0, 0.1) is 5.82 Å². The van der Waals surface area contributed by atoms with Crippen molar-refractivity contribution in [3.05, 3.63) is 65.7 Å². The van der Waals surface area contributed by atoms with E-state index in [1.54, 1.807) is 18.3 Å². The average Bonchev–Trinajstić information content (AvgIpc) is 3.57. The first-order chi connectivity index (χ1) is 14.0. The highest BCUT2D eigenvalue weighted by Crippen LogP contribution is 2.34. The van der Waals surface area contributed by atoms with E-state index >= 15 is 0 Å². The number of nitrogens with zero attached hydrogens (tertiary/aromatic N) is 4. The van der Waals surface area contributed by atoms with Crippen LogP contribution in [0.25, 0.3) is 0 Å². The number of amides is 2. The Labute approximate surface area is 169 Å². The summed E-state index contributed by atoms with van der Waals surface area (Å²) in [5, 5.41) is 5.70. The summed E-state index contributed by atoms with van der Waals surface area (Å²) in [6, 6.07) is 11.6. The van der Waals surface area contributed by atoms with E-state index in [9.17, 15) is 14.0 Å². The summed E-state index contributed by atoms with van der Waals surface area (Å²) in [7, 11) is 0. The van der Waals surface area contributed by atoms with Gasteiger partial charge >= 0.3 is 0 Å². The van der Waals surface area contributed by atoms with Crippen molar-refractivity contribution < 1.29 is 14.0 Å². The number of benzene rings is 1. The van der Waals surface area contributed by atoms with Crippen molar-refractivity contribution in [3.63, 3.8) is 0 Å². The zero-order valence-corrected chi connectivity index (χ0v) is 16.3. The van der Waals surface area contributed by atoms with E-state index in [1.165, 1.54) is 17.1 Å². The lowest BCUT2D eigenvalue weighted by atomic mass is 10.1. The Bertz CT molecular complexity index is 926. The smallest absolute Gasteiger partial charge is 0.270 e. The van der Waals surface area contributed by atoms with Crippen molar-refractivity contribution in [2.24, 2.45) is 5.10 Å². The molecule has 1 aromatic carbocycles. The monoisotopic (exact) mass is 394 g/mol. The SMILES string of the molecule is CC(c1ccccn1)N(C(=O)C1=NN(Cc2ccc(F)cc2)C(=O)CC1)C1CC1. The fraction of sp³-hybridized carbons (Fsp3) is 0.364. The minimum atomic E-state index is -0.332. The number of hydrogen-bond donors (Lipinski definition) is 0. The van der Waals surface area contributed by atoms with Crippen LogP contribution in [0.5, 0.6) is 0 Å². The molecule has 1 atom stereocenters. The molecule has 0 bridgehead atoms. The highest BCUT2D eigenvalue weighted by molar-refractivity contribution is 6.39. The van der Waals surface area contributed by atoms with Gasteiger partial charge in [-0.15, -0.1) is 0 Å². The van der Waals surface area contributed by atoms with Gasteiger partial charge < -0.3 is 4.90 Å². The predicted molar refractivity (Wildman–Crippen MR) is 106 cm³/mol. The molecule has 0 saturated heterocycles. The zero-order valence-electron chi connectivity index (χ0n) is 16.3. The van der Waals surface area contributed by atoms with Gasteiger partial charge in [-0.3, -0.25) is 14.6 Å². The lowest BCUT2D eigenvalue weighted by molar-refractivity contribution is -0.133. The maximum Gasteiger partial charge on any atom is 0.270 e. The summed E-state index contributed by atoms with van der Waals surface area (Å²) >= 11 is 0. The molecule has 2 amide bonds. The fourth-order valence-electron chi connectivity index (χ4n) is 3.57. The van der Waals surface area contributed by atoms with Crippen molar-refractivity contribution in [2.45, 2.75) is 51.2 Å². The second-order valence-electron chi connectivity index (χ2n) is 7.50. The molecule has 7 heteroatoms. The minimum absolute atomic E-state index is 0.137. The Morgan fingerprint density at radius 2 is 1.97 bits per heavy atom. The van der Waals surface area contributed by atoms with Gasteiger partial charge in [-0.25, -0.2) is 9.40 Å². The molecule has 0 spiro atoms. The molecule has 1 aliphatic heterocycles. The van der Waals surface area contributed by atoms with E-state index in [-0.39, 0.29) is 42.7 Å². The van der Waals surface area contributed by atoms with Crippen molar-refractivity contribution in [1.29, 1.82) is 0 Å². The van der Waals surface area contributed by atoms with Gasteiger partial charge in [-0.1, -0.05) is 18.2 Å². The Hall–Kier alpha value is -3.09. The van der Waals surface area contributed by atoms with Crippen molar-refractivity contribution >= 4 is 17.5 Å². The van der Waals surface area contributed by atoms with Crippen LogP contribution in [0.15, 0.2) is 53.8 Å². The highest BCUT2D eigenvalue weighted by atomic mass is 19.1. The summed E-state index contributed by atoms with van der Waals surface area (Å²) in [6.45, 7) is 2.19. The summed E-state index contributed by atoms with van der Waals surface area (Å²) in [5.41, 5.74) is 1.99. The topological polar surface area (TPSA) is 65.9 Å². The van der Waals surface area contributed by atoms with Gasteiger partial charge in [-0.2, -0.15) is 5.10 Å². The largest absolute Gasteiger partial charge is 0.326 e. The normalized spacial score (nSPS) is 17.7. The highest BCUT2D eigenvalue weighted by Gasteiger charge is 2.39. The molecule has 1 fully saturated rings. The number of rotatable bonds is 6. The van der Waals surface area contributed by atoms with Crippen LogP contribution in [-0.4, -0.2) is 38.5 Å². The van der Waals surface area contributed by atoms with Crippen LogP contribution >= 0.6 is 0 Å². The van der Waals surface area contributed by atoms with Crippen LogP contribution < -0.4 is 0 Å². The molecule has 6 nitrogen and oxygen atoms in total. The quantitative estimate of drug-likeness (QED) is 0.754. The lowest BCUT2D eigenvalue weighted by Gasteiger charge is -2.31. The number of halogens is 1. The molecule has 1 saturated carbocycles. The Morgan fingerprint density at radius 3 is 2.62 bits per heavy atom. The van der Waals surface area contributed by atoms with Gasteiger partial charge in [0.1, 0.15) is 11.5 Å². The number of pyridine rings is 1. The summed E-state index contributed by atoms with van der Waals surface area (Å²) in [6.07, 6.45) is 4.23. The molecule has 1 aliphatic carbocycles. The number of carbonyl (C=O) groups is 2. The van der Waals surface area contributed by atoms with Crippen LogP contribution in [0.4, 0.5) is 4.39 Å². The molecule has 1 aromatic heterocycles. The maximum absolute atomic E-state index is 13.3. The van der Waals surface area contributed by atoms with E-state index < -0.39 is 0 Å². The predicted octanol–water partition coefficient (Wildman–Crippen LogP) is 3.45. The van der Waals surface area contributed by atoms with Crippen molar-refractivity contribution in [1.82, 2.24) is 14.9 Å². The van der Waals surface area contributed by atoms with Crippen LogP contribution in [-0.2, 0) is 16.1 Å². The molecule has 4 rings (SSSR count). The Morgan fingerprint density at radius 1 is 1.21 bits per heavy atom. The zero-order chi connectivity index (χ0) is 20.4. The molecule has 29 heavy (non-hydrogen) atoms. The molecule has 150 valence electrons. The number of hydrogen-bond acceptors (Lipinski definition) is 4. The summed E-state index contributed by atoms with van der Waals surface area (Å²) in [4.78, 5) is 31.9. The van der Waals surface area contributed by atoms with Crippen molar-refractivity contribution in [3.8, 4) is 0 Å². The number of aromatic nitrogens is 1. The Balaban J connectivity index is 1.55. The van der Waals surface area contributed by atoms with Gasteiger partial charge in [0.25, 0.3) is 5.91 Å². The summed E-state index contributed by atoms with van der Waals surface area (Å²) in [5.74, 6) is -0.606. The van der Waals surface area contributed by atoms with Gasteiger partial charge in [0.2, 0.25) is 5.91 Å². The van der Waals surface area contributed by atoms with Crippen molar-refractivity contribution in [2.75, 3.05) is 0 Å². The second-order valence-corrected chi connectivity index (χ2v) is 7.50. The average molecular weight is 394 g/mol. The third kappa shape index (κ3) is 4.34. The minimum Gasteiger partial charge on any atom is -0.326 e. The fourth-order valence-corrected chi connectivity index (χ4v) is 3.57. The molecule has 0 N–H and O–H groups in total.